The summed E-state index contributed by atoms with van der Waals surface area (Å²) in [6, 6.07) is 0. The predicted octanol–water partition coefficient (Wildman–Crippen LogP) is 17.2. The standard InChI is InChI=1S/C18H36O.C17H34O.C16H32O/c1-2-3-4-5-6-7-8-9-10-11-12-13-16-19-17-18-14-15-18;1-2-3-4-5-6-7-8-9-10-11-12-15-18-16-17-13-14-17;1-2-3-4-5-6-7-8-9-10-11-14-17-15-16-12-13-16/h18H,2-17H2,1H3;17H,2-16H2,1H3;16H,2-15H2,1H3. The van der Waals surface area contributed by atoms with Crippen molar-refractivity contribution in [1.82, 2.24) is 0 Å². The molecule has 0 N–H and O–H groups in total. The summed E-state index contributed by atoms with van der Waals surface area (Å²) in [6.45, 7) is 13.0. The first-order chi connectivity index (χ1) is 26.8. The maximum Gasteiger partial charge on any atom is 0.0494 e. The topological polar surface area (TPSA) is 27.7 Å². The van der Waals surface area contributed by atoms with Gasteiger partial charge in [-0.2, -0.15) is 0 Å². The largest absolute Gasteiger partial charge is 0.381 e. The Morgan fingerprint density at radius 1 is 0.241 bits per heavy atom. The number of unbranched alkanes of at least 4 members (excludes halogenated alkanes) is 30. The normalized spacial score (nSPS) is 15.2. The number of hydrogen-bond acceptors (Lipinski definition) is 3. The van der Waals surface area contributed by atoms with E-state index in [0.29, 0.717) is 0 Å². The molecule has 3 rings (SSSR count). The lowest BCUT2D eigenvalue weighted by atomic mass is 10.1. The van der Waals surface area contributed by atoms with Gasteiger partial charge in [-0.1, -0.05) is 213 Å². The lowest BCUT2D eigenvalue weighted by Crippen LogP contribution is -1.98. The summed E-state index contributed by atoms with van der Waals surface area (Å²) in [5.41, 5.74) is 0. The van der Waals surface area contributed by atoms with Crippen molar-refractivity contribution >= 4 is 0 Å². The third kappa shape index (κ3) is 46.3. The highest BCUT2D eigenvalue weighted by molar-refractivity contribution is 4.73. The first kappa shape index (κ1) is 51.9. The molecule has 3 nitrogen and oxygen atoms in total. The van der Waals surface area contributed by atoms with E-state index in [2.05, 4.69) is 20.8 Å². The van der Waals surface area contributed by atoms with E-state index in [9.17, 15) is 0 Å². The van der Waals surface area contributed by atoms with Gasteiger partial charge in [0, 0.05) is 39.6 Å². The summed E-state index contributed by atoms with van der Waals surface area (Å²) < 4.78 is 16.9. The molecule has 3 aliphatic rings. The first-order valence-electron chi connectivity index (χ1n) is 25.5. The third-order valence-electron chi connectivity index (χ3n) is 11.8. The molecule has 3 saturated carbocycles. The van der Waals surface area contributed by atoms with E-state index in [1.807, 2.05) is 0 Å². The molecule has 54 heavy (non-hydrogen) atoms. The van der Waals surface area contributed by atoms with Crippen LogP contribution in [0.4, 0.5) is 0 Å². The maximum atomic E-state index is 5.65. The molecule has 0 aromatic rings. The van der Waals surface area contributed by atoms with Crippen molar-refractivity contribution in [2.24, 2.45) is 17.8 Å². The minimum atomic E-state index is 0.928. The van der Waals surface area contributed by atoms with Gasteiger partial charge in [-0.3, -0.25) is 0 Å². The van der Waals surface area contributed by atoms with Crippen LogP contribution in [0.5, 0.6) is 0 Å². The monoisotopic (exact) mass is 763 g/mol. The summed E-state index contributed by atoms with van der Waals surface area (Å²) in [7, 11) is 0. The molecule has 0 aromatic heterocycles. The average Bonchev–Trinajstić information content (AvgIpc) is 4.03. The Kier molecular flexibility index (Phi) is 42.3. The van der Waals surface area contributed by atoms with Crippen molar-refractivity contribution in [3.05, 3.63) is 0 Å². The summed E-state index contributed by atoms with van der Waals surface area (Å²) in [6.07, 6.45) is 55.3. The Balaban J connectivity index is 0.000000406. The molecule has 0 spiro atoms. The zero-order valence-corrected chi connectivity index (χ0v) is 37.8. The van der Waals surface area contributed by atoms with Crippen LogP contribution in [0.3, 0.4) is 0 Å². The fourth-order valence-corrected chi connectivity index (χ4v) is 7.21. The van der Waals surface area contributed by atoms with Crippen molar-refractivity contribution in [2.45, 2.75) is 271 Å². The van der Waals surface area contributed by atoms with Gasteiger partial charge in [0.05, 0.1) is 0 Å². The molecule has 0 unspecified atom stereocenters. The molecule has 324 valence electrons. The van der Waals surface area contributed by atoms with Crippen LogP contribution in [0.15, 0.2) is 0 Å². The second-order valence-corrected chi connectivity index (χ2v) is 18.2. The zero-order chi connectivity index (χ0) is 38.7. The second kappa shape index (κ2) is 44.0. The summed E-state index contributed by atoms with van der Waals surface area (Å²) in [4.78, 5) is 0. The van der Waals surface area contributed by atoms with Gasteiger partial charge in [0.25, 0.3) is 0 Å². The van der Waals surface area contributed by atoms with Gasteiger partial charge < -0.3 is 14.2 Å². The lowest BCUT2D eigenvalue weighted by Gasteiger charge is -2.04. The molecule has 3 fully saturated rings. The van der Waals surface area contributed by atoms with Crippen LogP contribution in [-0.4, -0.2) is 39.6 Å². The van der Waals surface area contributed by atoms with Crippen LogP contribution in [0.2, 0.25) is 0 Å². The van der Waals surface area contributed by atoms with Crippen molar-refractivity contribution in [3.8, 4) is 0 Å². The van der Waals surface area contributed by atoms with E-state index in [1.165, 1.54) is 250 Å². The molecule has 0 aromatic carbocycles. The molecular formula is C51H102O3. The molecule has 0 bridgehead atoms. The van der Waals surface area contributed by atoms with Crippen LogP contribution in [0.1, 0.15) is 271 Å². The second-order valence-electron chi connectivity index (χ2n) is 18.2. The summed E-state index contributed by atoms with van der Waals surface area (Å²) >= 11 is 0. The van der Waals surface area contributed by atoms with E-state index in [0.717, 1.165) is 57.4 Å². The molecule has 0 heterocycles. The molecule has 0 saturated heterocycles. The molecule has 3 aliphatic carbocycles. The van der Waals surface area contributed by atoms with Gasteiger partial charge in [0.15, 0.2) is 0 Å². The van der Waals surface area contributed by atoms with Gasteiger partial charge in [0.2, 0.25) is 0 Å². The van der Waals surface area contributed by atoms with E-state index in [4.69, 9.17) is 14.2 Å². The SMILES string of the molecule is CCCCCCCCCCCCCCOCC1CC1.CCCCCCCCCCCCCOCC1CC1.CCCCCCCCCCCCOCC1CC1. The fourth-order valence-electron chi connectivity index (χ4n) is 7.21. The fraction of sp³-hybridized carbons (Fsp3) is 1.00. The molecular weight excluding hydrogens is 661 g/mol. The Morgan fingerprint density at radius 2 is 0.407 bits per heavy atom. The Labute approximate surface area is 341 Å². The molecule has 3 heteroatoms. The Morgan fingerprint density at radius 3 is 0.574 bits per heavy atom. The highest BCUT2D eigenvalue weighted by Crippen LogP contribution is 2.30. The first-order valence-corrected chi connectivity index (χ1v) is 25.5. The molecule has 0 atom stereocenters. The highest BCUT2D eigenvalue weighted by atomic mass is 16.5. The maximum absolute atomic E-state index is 5.65. The van der Waals surface area contributed by atoms with E-state index < -0.39 is 0 Å². The summed E-state index contributed by atoms with van der Waals surface area (Å²) in [5.74, 6) is 2.79. The summed E-state index contributed by atoms with van der Waals surface area (Å²) in [5, 5.41) is 0. The predicted molar refractivity (Wildman–Crippen MR) is 240 cm³/mol. The number of hydrogen-bond donors (Lipinski definition) is 0. The molecule has 0 amide bonds. The average molecular weight is 763 g/mol. The quantitative estimate of drug-likeness (QED) is 0.0580. The third-order valence-corrected chi connectivity index (χ3v) is 11.8. The van der Waals surface area contributed by atoms with Gasteiger partial charge in [-0.25, -0.2) is 0 Å². The number of ether oxygens (including phenoxy) is 3. The highest BCUT2D eigenvalue weighted by Gasteiger charge is 2.22. The van der Waals surface area contributed by atoms with Gasteiger partial charge in [0.1, 0.15) is 0 Å². The molecule has 0 aliphatic heterocycles. The Bertz CT molecular complexity index is 670. The van der Waals surface area contributed by atoms with Crippen LogP contribution in [0, 0.1) is 17.8 Å². The van der Waals surface area contributed by atoms with Crippen LogP contribution >= 0.6 is 0 Å². The van der Waals surface area contributed by atoms with Crippen LogP contribution in [-0.2, 0) is 14.2 Å². The van der Waals surface area contributed by atoms with Crippen LogP contribution < -0.4 is 0 Å². The minimum Gasteiger partial charge on any atom is -0.381 e. The number of rotatable bonds is 42. The lowest BCUT2D eigenvalue weighted by molar-refractivity contribution is 0.120. The van der Waals surface area contributed by atoms with Crippen molar-refractivity contribution in [3.63, 3.8) is 0 Å². The van der Waals surface area contributed by atoms with E-state index >= 15 is 0 Å². The van der Waals surface area contributed by atoms with Gasteiger partial charge in [-0.05, 0) is 75.5 Å². The smallest absolute Gasteiger partial charge is 0.0494 e. The van der Waals surface area contributed by atoms with Gasteiger partial charge in [-0.15, -0.1) is 0 Å². The van der Waals surface area contributed by atoms with Gasteiger partial charge >= 0.3 is 0 Å². The Hall–Kier alpha value is -0.120. The minimum absolute atomic E-state index is 0.928. The van der Waals surface area contributed by atoms with E-state index in [-0.39, 0.29) is 0 Å². The van der Waals surface area contributed by atoms with Crippen LogP contribution in [0.25, 0.3) is 0 Å². The van der Waals surface area contributed by atoms with Crippen molar-refractivity contribution < 1.29 is 14.2 Å². The zero-order valence-electron chi connectivity index (χ0n) is 37.8. The van der Waals surface area contributed by atoms with Crippen molar-refractivity contribution in [1.29, 1.82) is 0 Å². The molecule has 0 radical (unpaired) electrons. The van der Waals surface area contributed by atoms with Crippen molar-refractivity contribution in [2.75, 3.05) is 39.6 Å². The van der Waals surface area contributed by atoms with E-state index in [1.54, 1.807) is 0 Å².